The molecule has 0 radical (unpaired) electrons. The molecule has 2 aliphatic carbocycles. The summed E-state index contributed by atoms with van der Waals surface area (Å²) in [6.45, 7) is 10.3. The predicted molar refractivity (Wildman–Crippen MR) is 117 cm³/mol. The molecule has 3 rings (SSSR count). The van der Waals surface area contributed by atoms with Crippen molar-refractivity contribution in [2.24, 2.45) is 29.1 Å². The van der Waals surface area contributed by atoms with Crippen LogP contribution in [0.1, 0.15) is 74.6 Å². The summed E-state index contributed by atoms with van der Waals surface area (Å²) in [6, 6.07) is 0. The van der Waals surface area contributed by atoms with Crippen LogP contribution in [-0.4, -0.2) is 35.4 Å². The van der Waals surface area contributed by atoms with Crippen molar-refractivity contribution in [3.8, 4) is 0 Å². The van der Waals surface area contributed by atoms with Crippen molar-refractivity contribution in [3.63, 3.8) is 0 Å². The van der Waals surface area contributed by atoms with E-state index in [1.807, 2.05) is 20.8 Å². The van der Waals surface area contributed by atoms with E-state index in [4.69, 9.17) is 9.47 Å². The summed E-state index contributed by atoms with van der Waals surface area (Å²) >= 11 is 0. The minimum absolute atomic E-state index is 0. The number of esters is 2. The van der Waals surface area contributed by atoms with Crippen molar-refractivity contribution >= 4 is 11.9 Å². The van der Waals surface area contributed by atoms with Gasteiger partial charge in [-0.3, -0.25) is 9.59 Å². The number of aliphatic hydroxyl groups is 1. The molecule has 0 aromatic carbocycles. The number of allylic oxidation sites excluding steroid dienone is 3. The average Bonchev–Trinajstić information content (AvgIpc) is 2.66. The van der Waals surface area contributed by atoms with Gasteiger partial charge in [0.05, 0.1) is 17.9 Å². The van der Waals surface area contributed by atoms with E-state index in [0.717, 1.165) is 25.7 Å². The Morgan fingerprint density at radius 3 is 2.65 bits per heavy atom. The fraction of sp³-hybridized carbons (Fsp3) is 0.760. The third-order valence-electron chi connectivity index (χ3n) is 7.35. The third kappa shape index (κ3) is 6.46. The van der Waals surface area contributed by atoms with Crippen LogP contribution in [0, 0.1) is 29.1 Å². The summed E-state index contributed by atoms with van der Waals surface area (Å²) in [7, 11) is 0. The smallest absolute Gasteiger partial charge is 1.00 e. The maximum absolute atomic E-state index is 12.9. The van der Waals surface area contributed by atoms with Crippen LogP contribution in [0.4, 0.5) is 0 Å². The number of hydrogen-bond acceptors (Lipinski definition) is 5. The molecule has 3 aliphatic rings. The van der Waals surface area contributed by atoms with Gasteiger partial charge in [-0.25, -0.2) is 0 Å². The standard InChI is InChI=1S/C25H38O5.Na.H/c1-6-25(4,5)24(28)30-21-12-15(2)11-17-8-7-16(3)20(23(17)21)10-9-19-13-18(26)14-22(27)29-19;;/h7-8,11,15-16,18-21,23,26H,6,9-10,12-14H2,1-5H3;;/q;+1;-1/t15-,16-,18+,19-,20-,21-,23-;;/m1../s1. The van der Waals surface area contributed by atoms with Gasteiger partial charge >= 0.3 is 41.5 Å². The molecule has 31 heavy (non-hydrogen) atoms. The number of rotatable bonds is 6. The molecule has 170 valence electrons. The molecule has 1 fully saturated rings. The largest absolute Gasteiger partial charge is 1.00 e. The molecule has 0 spiro atoms. The van der Waals surface area contributed by atoms with Gasteiger partial charge in [-0.2, -0.15) is 0 Å². The maximum Gasteiger partial charge on any atom is 1.00 e. The number of fused-ring (bicyclic) bond motifs is 1. The number of cyclic esters (lactones) is 1. The molecular formula is C25H39NaO5. The van der Waals surface area contributed by atoms with Gasteiger partial charge in [0, 0.05) is 12.3 Å². The van der Waals surface area contributed by atoms with E-state index in [0.29, 0.717) is 24.2 Å². The molecule has 1 N–H and O–H groups in total. The molecule has 0 unspecified atom stereocenters. The van der Waals surface area contributed by atoms with Crippen LogP contribution < -0.4 is 29.6 Å². The minimum Gasteiger partial charge on any atom is -1.00 e. The molecule has 0 bridgehead atoms. The van der Waals surface area contributed by atoms with Crippen LogP contribution in [0.3, 0.4) is 0 Å². The fourth-order valence-corrected chi connectivity index (χ4v) is 5.08. The Hall–Kier alpha value is -0.620. The topological polar surface area (TPSA) is 72.8 Å². The Labute approximate surface area is 210 Å². The molecule has 1 saturated heterocycles. The van der Waals surface area contributed by atoms with Gasteiger partial charge in [-0.15, -0.1) is 0 Å². The van der Waals surface area contributed by atoms with Gasteiger partial charge in [0.25, 0.3) is 0 Å². The Morgan fingerprint density at radius 2 is 2.00 bits per heavy atom. The van der Waals surface area contributed by atoms with Crippen molar-refractivity contribution in [2.75, 3.05) is 0 Å². The predicted octanol–water partition coefficient (Wildman–Crippen LogP) is 1.70. The van der Waals surface area contributed by atoms with Crippen molar-refractivity contribution in [1.82, 2.24) is 0 Å². The second-order valence-electron chi connectivity index (χ2n) is 10.3. The molecular weight excluding hydrogens is 403 g/mol. The van der Waals surface area contributed by atoms with E-state index in [-0.39, 0.29) is 67.5 Å². The van der Waals surface area contributed by atoms with E-state index in [1.54, 1.807) is 0 Å². The van der Waals surface area contributed by atoms with Crippen LogP contribution in [-0.2, 0) is 19.1 Å². The Kier molecular flexibility index (Phi) is 9.45. The first-order chi connectivity index (χ1) is 14.1. The molecule has 1 heterocycles. The molecule has 0 saturated carbocycles. The first kappa shape index (κ1) is 26.6. The maximum atomic E-state index is 12.9. The van der Waals surface area contributed by atoms with Crippen molar-refractivity contribution < 1.29 is 55.2 Å². The van der Waals surface area contributed by atoms with Gasteiger partial charge in [0.15, 0.2) is 0 Å². The molecule has 6 heteroatoms. The Bertz CT molecular complexity index is 719. The van der Waals surface area contributed by atoms with E-state index < -0.39 is 11.5 Å². The van der Waals surface area contributed by atoms with Gasteiger partial charge in [-0.1, -0.05) is 39.0 Å². The van der Waals surface area contributed by atoms with E-state index in [9.17, 15) is 14.7 Å². The van der Waals surface area contributed by atoms with Crippen molar-refractivity contribution in [3.05, 3.63) is 23.8 Å². The zero-order chi connectivity index (χ0) is 22.1. The summed E-state index contributed by atoms with van der Waals surface area (Å²) in [5.74, 6) is 0.776. The second-order valence-corrected chi connectivity index (χ2v) is 10.3. The third-order valence-corrected chi connectivity index (χ3v) is 7.35. The molecule has 7 atom stereocenters. The van der Waals surface area contributed by atoms with Gasteiger partial charge < -0.3 is 16.0 Å². The van der Waals surface area contributed by atoms with E-state index in [1.165, 1.54) is 5.57 Å². The van der Waals surface area contributed by atoms with E-state index in [2.05, 4.69) is 32.1 Å². The number of carbonyl (C=O) groups excluding carboxylic acids is 2. The summed E-state index contributed by atoms with van der Waals surface area (Å²) in [5.41, 5.74) is 0.785. The molecule has 0 amide bonds. The fourth-order valence-electron chi connectivity index (χ4n) is 5.08. The quantitative estimate of drug-likeness (QED) is 0.501. The molecule has 1 aliphatic heterocycles. The second kappa shape index (κ2) is 11.0. The number of ether oxygens (including phenoxy) is 2. The van der Waals surface area contributed by atoms with Gasteiger partial charge in [0.1, 0.15) is 12.2 Å². The Balaban J connectivity index is 0.00000256. The van der Waals surface area contributed by atoms with Crippen LogP contribution >= 0.6 is 0 Å². The average molecular weight is 443 g/mol. The van der Waals surface area contributed by atoms with Crippen molar-refractivity contribution in [1.29, 1.82) is 0 Å². The van der Waals surface area contributed by atoms with Crippen LogP contribution in [0.5, 0.6) is 0 Å². The van der Waals surface area contributed by atoms with Crippen molar-refractivity contribution in [2.45, 2.75) is 91.5 Å². The molecule has 5 nitrogen and oxygen atoms in total. The van der Waals surface area contributed by atoms with Gasteiger partial charge in [-0.05, 0) is 62.9 Å². The first-order valence-corrected chi connectivity index (χ1v) is 11.6. The zero-order valence-electron chi connectivity index (χ0n) is 21.1. The van der Waals surface area contributed by atoms with Gasteiger partial charge in [0.2, 0.25) is 0 Å². The van der Waals surface area contributed by atoms with Crippen LogP contribution in [0.15, 0.2) is 23.8 Å². The summed E-state index contributed by atoms with van der Waals surface area (Å²) < 4.78 is 11.6. The van der Waals surface area contributed by atoms with Crippen LogP contribution in [0.2, 0.25) is 0 Å². The summed E-state index contributed by atoms with van der Waals surface area (Å²) in [6.07, 6.45) is 9.61. The number of hydrogen-bond donors (Lipinski definition) is 1. The summed E-state index contributed by atoms with van der Waals surface area (Å²) in [4.78, 5) is 24.6. The van der Waals surface area contributed by atoms with Crippen LogP contribution in [0.25, 0.3) is 0 Å². The summed E-state index contributed by atoms with van der Waals surface area (Å²) in [5, 5.41) is 9.92. The zero-order valence-corrected chi connectivity index (χ0v) is 22.1. The molecule has 0 aromatic rings. The SMILES string of the molecule is CCC(C)(C)C(=O)O[C@@H]1C[C@H](C)C=C2C=C[C@@H](C)[C@@H](CC[C@@H]3C[C@H](O)CC(=O)O3)[C@@H]21.[H-].[Na+]. The van der Waals surface area contributed by atoms with E-state index >= 15 is 0 Å². The normalized spacial score (nSPS) is 35.4. The minimum atomic E-state index is -0.601. The first-order valence-electron chi connectivity index (χ1n) is 11.6. The number of aliphatic hydroxyl groups excluding tert-OH is 1. The monoisotopic (exact) mass is 442 g/mol. The Morgan fingerprint density at radius 1 is 1.29 bits per heavy atom. The molecule has 0 aromatic heterocycles. The number of carbonyl (C=O) groups is 2.